The maximum Gasteiger partial charge on any atom is 0.271 e. The van der Waals surface area contributed by atoms with Crippen LogP contribution in [0.3, 0.4) is 0 Å². The number of hydrogen-bond donors (Lipinski definition) is 1. The first-order chi connectivity index (χ1) is 14.5. The Bertz CT molecular complexity index is 1160. The second kappa shape index (κ2) is 9.63. The molecule has 0 aromatic heterocycles. The fraction of sp³-hybridized carbons (Fsp3) is 0.0435. The summed E-state index contributed by atoms with van der Waals surface area (Å²) in [4.78, 5) is 22.7. The summed E-state index contributed by atoms with van der Waals surface area (Å²) >= 11 is 3.54. The molecule has 0 aliphatic heterocycles. The maximum atomic E-state index is 12.4. The van der Waals surface area contributed by atoms with Crippen LogP contribution in [0, 0.1) is 21.4 Å². The van der Waals surface area contributed by atoms with Crippen LogP contribution in [-0.2, 0) is 11.2 Å². The van der Waals surface area contributed by atoms with Crippen LogP contribution in [0.5, 0.6) is 0 Å². The minimum absolute atomic E-state index is 0.0972. The third kappa shape index (κ3) is 5.40. The average molecular weight is 462 g/mol. The standard InChI is InChI=1S/C23H16BrN3O3/c24-22-7-2-1-4-18(22)12-16-8-10-17(11-9-16)13-19(15-25)23(28)26-20-5-3-6-21(14-20)27(29)30/h1-11,13-14H,12H2,(H,26,28)/b19-13+. The number of nitro benzene ring substituents is 1. The van der Waals surface area contributed by atoms with Crippen molar-refractivity contribution in [1.82, 2.24) is 0 Å². The highest BCUT2D eigenvalue weighted by Crippen LogP contribution is 2.21. The molecule has 0 heterocycles. The second-order valence-corrected chi connectivity index (χ2v) is 7.30. The molecule has 0 aliphatic carbocycles. The van der Waals surface area contributed by atoms with Crippen LogP contribution in [0.1, 0.15) is 16.7 Å². The van der Waals surface area contributed by atoms with E-state index in [1.807, 2.05) is 54.6 Å². The topological polar surface area (TPSA) is 96.0 Å². The number of halogens is 1. The lowest BCUT2D eigenvalue weighted by Crippen LogP contribution is -2.13. The van der Waals surface area contributed by atoms with E-state index in [-0.39, 0.29) is 16.9 Å². The van der Waals surface area contributed by atoms with Crippen LogP contribution in [0.2, 0.25) is 0 Å². The molecule has 3 aromatic rings. The summed E-state index contributed by atoms with van der Waals surface area (Å²) < 4.78 is 1.04. The highest BCUT2D eigenvalue weighted by atomic mass is 79.9. The Labute approximate surface area is 181 Å². The van der Waals surface area contributed by atoms with Crippen LogP contribution in [-0.4, -0.2) is 10.8 Å². The summed E-state index contributed by atoms with van der Waals surface area (Å²) in [6.07, 6.45) is 2.23. The van der Waals surface area contributed by atoms with Gasteiger partial charge in [0.05, 0.1) is 4.92 Å². The summed E-state index contributed by atoms with van der Waals surface area (Å²) in [6.45, 7) is 0. The largest absolute Gasteiger partial charge is 0.321 e. The molecule has 0 saturated carbocycles. The summed E-state index contributed by atoms with van der Waals surface area (Å²) in [5, 5.41) is 22.7. The highest BCUT2D eigenvalue weighted by molar-refractivity contribution is 9.10. The molecule has 0 unspecified atom stereocenters. The number of carbonyl (C=O) groups excluding carboxylic acids is 1. The molecular formula is C23H16BrN3O3. The molecular weight excluding hydrogens is 446 g/mol. The molecule has 6 nitrogen and oxygen atoms in total. The number of nitriles is 1. The number of carbonyl (C=O) groups is 1. The lowest BCUT2D eigenvalue weighted by molar-refractivity contribution is -0.384. The highest BCUT2D eigenvalue weighted by Gasteiger charge is 2.12. The Morgan fingerprint density at radius 2 is 1.83 bits per heavy atom. The number of nitrogens with one attached hydrogen (secondary N) is 1. The van der Waals surface area contributed by atoms with Gasteiger partial charge in [-0.3, -0.25) is 14.9 Å². The molecule has 0 saturated heterocycles. The Morgan fingerprint density at radius 3 is 2.50 bits per heavy atom. The van der Waals surface area contributed by atoms with E-state index < -0.39 is 10.8 Å². The van der Waals surface area contributed by atoms with Crippen molar-refractivity contribution >= 4 is 39.3 Å². The van der Waals surface area contributed by atoms with Crippen LogP contribution in [0.4, 0.5) is 11.4 Å². The zero-order valence-corrected chi connectivity index (χ0v) is 17.3. The van der Waals surface area contributed by atoms with Gasteiger partial charge in [-0.25, -0.2) is 0 Å². The molecule has 0 atom stereocenters. The third-order valence-corrected chi connectivity index (χ3v) is 5.10. The molecule has 1 amide bonds. The first-order valence-electron chi connectivity index (χ1n) is 8.96. The molecule has 0 aliphatic rings. The van der Waals surface area contributed by atoms with Crippen LogP contribution in [0.25, 0.3) is 6.08 Å². The normalized spacial score (nSPS) is 10.9. The van der Waals surface area contributed by atoms with E-state index in [1.54, 1.807) is 0 Å². The zero-order valence-electron chi connectivity index (χ0n) is 15.7. The minimum Gasteiger partial charge on any atom is -0.321 e. The molecule has 7 heteroatoms. The summed E-state index contributed by atoms with van der Waals surface area (Å²) in [7, 11) is 0. The molecule has 0 fully saturated rings. The van der Waals surface area contributed by atoms with Crippen molar-refractivity contribution in [3.63, 3.8) is 0 Å². The van der Waals surface area contributed by atoms with Gasteiger partial charge < -0.3 is 5.32 Å². The molecule has 0 spiro atoms. The van der Waals surface area contributed by atoms with Crippen molar-refractivity contribution in [2.45, 2.75) is 6.42 Å². The van der Waals surface area contributed by atoms with Crippen molar-refractivity contribution in [2.75, 3.05) is 5.32 Å². The van der Waals surface area contributed by atoms with E-state index in [0.29, 0.717) is 5.56 Å². The zero-order chi connectivity index (χ0) is 21.5. The molecule has 1 N–H and O–H groups in total. The van der Waals surface area contributed by atoms with Gasteiger partial charge in [-0.05, 0) is 41.3 Å². The monoisotopic (exact) mass is 461 g/mol. The first-order valence-corrected chi connectivity index (χ1v) is 9.75. The molecule has 3 aromatic carbocycles. The number of benzene rings is 3. The number of anilines is 1. The Balaban J connectivity index is 1.73. The smallest absolute Gasteiger partial charge is 0.271 e. The number of nitrogens with zero attached hydrogens (tertiary/aromatic N) is 2. The van der Waals surface area contributed by atoms with Gasteiger partial charge in [0.15, 0.2) is 0 Å². The lowest BCUT2D eigenvalue weighted by Gasteiger charge is -2.06. The van der Waals surface area contributed by atoms with Crippen LogP contribution >= 0.6 is 15.9 Å². The Hall–Kier alpha value is -3.76. The summed E-state index contributed by atoms with van der Waals surface area (Å²) in [5.74, 6) is -0.629. The predicted molar refractivity (Wildman–Crippen MR) is 119 cm³/mol. The number of nitro groups is 1. The van der Waals surface area contributed by atoms with Gasteiger partial charge in [-0.2, -0.15) is 5.26 Å². The van der Waals surface area contributed by atoms with Gasteiger partial charge in [0, 0.05) is 22.3 Å². The van der Waals surface area contributed by atoms with Crippen molar-refractivity contribution in [3.8, 4) is 6.07 Å². The van der Waals surface area contributed by atoms with Crippen molar-refractivity contribution < 1.29 is 9.72 Å². The van der Waals surface area contributed by atoms with Crippen LogP contribution < -0.4 is 5.32 Å². The summed E-state index contributed by atoms with van der Waals surface area (Å²) in [6, 6.07) is 23.0. The van der Waals surface area contributed by atoms with Crippen molar-refractivity contribution in [1.29, 1.82) is 5.26 Å². The minimum atomic E-state index is -0.629. The van der Waals surface area contributed by atoms with Gasteiger partial charge in [0.1, 0.15) is 11.6 Å². The quantitative estimate of drug-likeness (QED) is 0.227. The first kappa shape index (κ1) is 21.0. The Morgan fingerprint density at radius 1 is 1.10 bits per heavy atom. The van der Waals surface area contributed by atoms with Crippen molar-refractivity contribution in [3.05, 3.63) is 110 Å². The molecule has 0 radical (unpaired) electrons. The van der Waals surface area contributed by atoms with Gasteiger partial charge in [-0.1, -0.05) is 64.5 Å². The lowest BCUT2D eigenvalue weighted by atomic mass is 10.0. The molecule has 3 rings (SSSR count). The number of amides is 1. The molecule has 0 bridgehead atoms. The second-order valence-electron chi connectivity index (χ2n) is 6.44. The Kier molecular flexibility index (Phi) is 6.73. The molecule has 30 heavy (non-hydrogen) atoms. The third-order valence-electron chi connectivity index (χ3n) is 4.32. The fourth-order valence-electron chi connectivity index (χ4n) is 2.80. The summed E-state index contributed by atoms with van der Waals surface area (Å²) in [5.41, 5.74) is 2.97. The number of non-ortho nitro benzene ring substituents is 1. The van der Waals surface area contributed by atoms with E-state index in [0.717, 1.165) is 22.0 Å². The van der Waals surface area contributed by atoms with E-state index in [4.69, 9.17) is 0 Å². The van der Waals surface area contributed by atoms with Gasteiger partial charge in [0.2, 0.25) is 0 Å². The van der Waals surface area contributed by atoms with Crippen LogP contribution in [0.15, 0.2) is 82.8 Å². The van der Waals surface area contributed by atoms with E-state index in [9.17, 15) is 20.2 Å². The van der Waals surface area contributed by atoms with Gasteiger partial charge in [-0.15, -0.1) is 0 Å². The average Bonchev–Trinajstić information content (AvgIpc) is 2.75. The maximum absolute atomic E-state index is 12.4. The van der Waals surface area contributed by atoms with E-state index in [2.05, 4.69) is 21.2 Å². The number of hydrogen-bond acceptors (Lipinski definition) is 4. The van der Waals surface area contributed by atoms with Gasteiger partial charge >= 0.3 is 0 Å². The van der Waals surface area contributed by atoms with Gasteiger partial charge in [0.25, 0.3) is 11.6 Å². The molecule has 148 valence electrons. The fourth-order valence-corrected chi connectivity index (χ4v) is 3.23. The van der Waals surface area contributed by atoms with E-state index >= 15 is 0 Å². The number of rotatable bonds is 6. The van der Waals surface area contributed by atoms with E-state index in [1.165, 1.54) is 30.3 Å². The SMILES string of the molecule is N#C/C(=C\c1ccc(Cc2ccccc2Br)cc1)C(=O)Nc1cccc([N+](=O)[O-])c1. The predicted octanol–water partition coefficient (Wildman–Crippen LogP) is 5.49. The van der Waals surface area contributed by atoms with Crippen molar-refractivity contribution in [2.24, 2.45) is 0 Å².